The first-order chi connectivity index (χ1) is 11.0. The first-order valence-corrected chi connectivity index (χ1v) is 10.2. The van der Waals surface area contributed by atoms with Gasteiger partial charge in [-0.25, -0.2) is 12.7 Å². The smallest absolute Gasteiger partial charge is 0.246 e. The maximum atomic E-state index is 12.9. The molecule has 1 aromatic carbocycles. The molecule has 4 nitrogen and oxygen atoms in total. The molecule has 1 aromatic rings. The Balaban J connectivity index is 1.78. The fraction of sp³-hybridized carbons (Fsp3) is 0.647. The zero-order valence-corrected chi connectivity index (χ0v) is 15.1. The van der Waals surface area contributed by atoms with E-state index in [-0.39, 0.29) is 4.90 Å². The molecule has 2 fully saturated rings. The van der Waals surface area contributed by atoms with Gasteiger partial charge in [0.25, 0.3) is 0 Å². The predicted octanol–water partition coefficient (Wildman–Crippen LogP) is 3.94. The van der Waals surface area contributed by atoms with E-state index in [1.807, 2.05) is 0 Å². The van der Waals surface area contributed by atoms with Crippen LogP contribution in [0.2, 0.25) is 5.02 Å². The van der Waals surface area contributed by atoms with Crippen LogP contribution in [-0.2, 0) is 10.0 Å². The van der Waals surface area contributed by atoms with Gasteiger partial charge in [0.1, 0.15) is 10.6 Å². The summed E-state index contributed by atoms with van der Waals surface area (Å²) >= 11 is 6.03. The van der Waals surface area contributed by atoms with Crippen LogP contribution in [0.25, 0.3) is 0 Å². The molecule has 0 spiro atoms. The third-order valence-electron chi connectivity index (χ3n) is 5.03. The molecule has 2 aliphatic rings. The lowest BCUT2D eigenvalue weighted by Crippen LogP contribution is -2.34. The summed E-state index contributed by atoms with van der Waals surface area (Å²) in [4.78, 5) is 0.186. The third-order valence-corrected chi connectivity index (χ3v) is 7.11. The first kappa shape index (κ1) is 17.1. The minimum atomic E-state index is -3.58. The van der Waals surface area contributed by atoms with Crippen molar-refractivity contribution in [2.24, 2.45) is 11.8 Å². The van der Waals surface area contributed by atoms with Gasteiger partial charge in [0, 0.05) is 18.6 Å². The molecule has 0 radical (unpaired) electrons. The van der Waals surface area contributed by atoms with E-state index in [9.17, 15) is 8.42 Å². The van der Waals surface area contributed by atoms with E-state index in [1.54, 1.807) is 19.2 Å². The summed E-state index contributed by atoms with van der Waals surface area (Å²) in [5, 5.41) is 0.414. The second kappa shape index (κ2) is 6.99. The lowest BCUT2D eigenvalue weighted by molar-refractivity contribution is 0.177. The van der Waals surface area contributed by atoms with Gasteiger partial charge in [-0.3, -0.25) is 0 Å². The molecule has 0 aromatic heterocycles. The summed E-state index contributed by atoms with van der Waals surface area (Å²) < 4.78 is 33.0. The van der Waals surface area contributed by atoms with Crippen molar-refractivity contribution in [1.82, 2.24) is 4.31 Å². The molecule has 0 saturated heterocycles. The Kier molecular flexibility index (Phi) is 5.19. The van der Waals surface area contributed by atoms with Gasteiger partial charge in [0.15, 0.2) is 0 Å². The Morgan fingerprint density at radius 3 is 2.39 bits per heavy atom. The lowest BCUT2D eigenvalue weighted by Gasteiger charge is -2.30. The van der Waals surface area contributed by atoms with Crippen LogP contribution in [-0.4, -0.2) is 32.9 Å². The Labute approximate surface area is 143 Å². The van der Waals surface area contributed by atoms with Gasteiger partial charge < -0.3 is 4.74 Å². The van der Waals surface area contributed by atoms with Crippen molar-refractivity contribution >= 4 is 21.6 Å². The molecule has 0 heterocycles. The van der Waals surface area contributed by atoms with Crippen LogP contribution in [0.3, 0.4) is 0 Å². The van der Waals surface area contributed by atoms with Crippen LogP contribution in [0.15, 0.2) is 23.1 Å². The van der Waals surface area contributed by atoms with E-state index in [1.165, 1.54) is 23.2 Å². The zero-order valence-electron chi connectivity index (χ0n) is 13.5. The van der Waals surface area contributed by atoms with Gasteiger partial charge in [0.2, 0.25) is 10.0 Å². The summed E-state index contributed by atoms with van der Waals surface area (Å²) in [5.41, 5.74) is 0. The second-order valence-electron chi connectivity index (χ2n) is 6.78. The third kappa shape index (κ3) is 3.83. The van der Waals surface area contributed by atoms with Gasteiger partial charge in [0.05, 0.1) is 6.61 Å². The fourth-order valence-corrected chi connectivity index (χ4v) is 4.61. The number of halogens is 1. The molecule has 0 atom stereocenters. The van der Waals surface area contributed by atoms with E-state index in [0.717, 1.165) is 25.7 Å². The SMILES string of the molecule is CN(CC1CCC1)S(=O)(=O)c1cc(Cl)ccc1OCC1CCC1. The van der Waals surface area contributed by atoms with Crippen LogP contribution < -0.4 is 4.74 Å². The summed E-state index contributed by atoms with van der Waals surface area (Å²) in [6.45, 7) is 1.15. The monoisotopic (exact) mass is 357 g/mol. The number of rotatable bonds is 7. The van der Waals surface area contributed by atoms with Crippen molar-refractivity contribution in [3.05, 3.63) is 23.2 Å². The lowest BCUT2D eigenvalue weighted by atomic mass is 9.86. The highest BCUT2D eigenvalue weighted by molar-refractivity contribution is 7.89. The molecule has 3 rings (SSSR count). The number of nitrogens with zero attached hydrogens (tertiary/aromatic N) is 1. The average Bonchev–Trinajstić information content (AvgIpc) is 2.42. The van der Waals surface area contributed by atoms with Crippen molar-refractivity contribution in [2.75, 3.05) is 20.2 Å². The van der Waals surface area contributed by atoms with Gasteiger partial charge in [-0.15, -0.1) is 0 Å². The van der Waals surface area contributed by atoms with Crippen LogP contribution in [0.4, 0.5) is 0 Å². The van der Waals surface area contributed by atoms with E-state index in [4.69, 9.17) is 16.3 Å². The first-order valence-electron chi connectivity index (χ1n) is 8.35. The number of hydrogen-bond donors (Lipinski definition) is 0. The Bertz CT molecular complexity index is 654. The molecular weight excluding hydrogens is 334 g/mol. The molecule has 23 heavy (non-hydrogen) atoms. The molecule has 0 aliphatic heterocycles. The van der Waals surface area contributed by atoms with Gasteiger partial charge in [-0.05, 0) is 55.7 Å². The van der Waals surface area contributed by atoms with Crippen molar-refractivity contribution < 1.29 is 13.2 Å². The normalized spacial score (nSPS) is 19.4. The summed E-state index contributed by atoms with van der Waals surface area (Å²) in [6, 6.07) is 4.86. The average molecular weight is 358 g/mol. The maximum Gasteiger partial charge on any atom is 0.246 e. The molecule has 0 bridgehead atoms. The zero-order chi connectivity index (χ0) is 16.4. The number of benzene rings is 1. The van der Waals surface area contributed by atoms with E-state index in [0.29, 0.717) is 35.8 Å². The Hall–Kier alpha value is -0.780. The minimum absolute atomic E-state index is 0.186. The molecule has 6 heteroatoms. The molecule has 0 amide bonds. The fourth-order valence-electron chi connectivity index (χ4n) is 2.97. The van der Waals surface area contributed by atoms with Crippen molar-refractivity contribution in [1.29, 1.82) is 0 Å². The molecular formula is C17H24ClNO3S. The minimum Gasteiger partial charge on any atom is -0.492 e. The van der Waals surface area contributed by atoms with E-state index in [2.05, 4.69) is 0 Å². The summed E-state index contributed by atoms with van der Waals surface area (Å²) in [5.74, 6) is 1.45. The van der Waals surface area contributed by atoms with Crippen LogP contribution in [0.5, 0.6) is 5.75 Å². The van der Waals surface area contributed by atoms with Gasteiger partial charge in [-0.1, -0.05) is 24.4 Å². The quantitative estimate of drug-likeness (QED) is 0.742. The van der Waals surface area contributed by atoms with Crippen LogP contribution >= 0.6 is 11.6 Å². The molecule has 2 saturated carbocycles. The second-order valence-corrected chi connectivity index (χ2v) is 9.23. The standard InChI is InChI=1S/C17H24ClNO3S/c1-19(11-13-4-2-5-13)23(20,21)17-10-15(18)8-9-16(17)22-12-14-6-3-7-14/h8-10,13-14H,2-7,11-12H2,1H3. The number of sulfonamides is 1. The highest BCUT2D eigenvalue weighted by Crippen LogP contribution is 2.34. The number of ether oxygens (including phenoxy) is 1. The van der Waals surface area contributed by atoms with Gasteiger partial charge >= 0.3 is 0 Å². The molecule has 0 N–H and O–H groups in total. The van der Waals surface area contributed by atoms with E-state index >= 15 is 0 Å². The maximum absolute atomic E-state index is 12.9. The summed E-state index contributed by atoms with van der Waals surface area (Å²) in [7, 11) is -1.93. The Morgan fingerprint density at radius 1 is 1.17 bits per heavy atom. The summed E-state index contributed by atoms with van der Waals surface area (Å²) in [6.07, 6.45) is 6.99. The molecule has 0 unspecified atom stereocenters. The van der Waals surface area contributed by atoms with Gasteiger partial charge in [-0.2, -0.15) is 0 Å². The largest absolute Gasteiger partial charge is 0.492 e. The number of hydrogen-bond acceptors (Lipinski definition) is 3. The van der Waals surface area contributed by atoms with Crippen molar-refractivity contribution in [3.63, 3.8) is 0 Å². The topological polar surface area (TPSA) is 46.6 Å². The molecule has 128 valence electrons. The van der Waals surface area contributed by atoms with Crippen LogP contribution in [0.1, 0.15) is 38.5 Å². The predicted molar refractivity (Wildman–Crippen MR) is 91.4 cm³/mol. The van der Waals surface area contributed by atoms with Crippen molar-refractivity contribution in [2.45, 2.75) is 43.4 Å². The Morgan fingerprint density at radius 2 is 1.83 bits per heavy atom. The molecule has 2 aliphatic carbocycles. The van der Waals surface area contributed by atoms with Crippen LogP contribution in [0, 0.1) is 11.8 Å². The van der Waals surface area contributed by atoms with Crippen molar-refractivity contribution in [3.8, 4) is 5.75 Å². The highest BCUT2D eigenvalue weighted by Gasteiger charge is 2.30. The van der Waals surface area contributed by atoms with E-state index < -0.39 is 10.0 Å². The highest BCUT2D eigenvalue weighted by atomic mass is 35.5.